The van der Waals surface area contributed by atoms with Crippen molar-refractivity contribution in [3.63, 3.8) is 0 Å². The Kier molecular flexibility index (Phi) is 3.52. The molecular formula is C10H10ClN5O3. The van der Waals surface area contributed by atoms with Crippen molar-refractivity contribution in [3.8, 4) is 5.75 Å². The second kappa shape index (κ2) is 5.11. The average molecular weight is 284 g/mol. The maximum atomic E-state index is 11.0. The summed E-state index contributed by atoms with van der Waals surface area (Å²) in [5, 5.41) is 23.0. The van der Waals surface area contributed by atoms with E-state index in [2.05, 4.69) is 20.8 Å². The van der Waals surface area contributed by atoms with Crippen LogP contribution < -0.4 is 10.1 Å². The molecule has 1 aromatic heterocycles. The highest BCUT2D eigenvalue weighted by Crippen LogP contribution is 2.32. The zero-order valence-electron chi connectivity index (χ0n) is 10.1. The van der Waals surface area contributed by atoms with E-state index in [-0.39, 0.29) is 16.3 Å². The molecule has 0 atom stereocenters. The highest BCUT2D eigenvalue weighted by Gasteiger charge is 2.16. The molecule has 0 saturated heterocycles. The molecule has 2 aromatic rings. The lowest BCUT2D eigenvalue weighted by molar-refractivity contribution is 0.0693. The smallest absolute Gasteiger partial charge is 0.339 e. The van der Waals surface area contributed by atoms with E-state index in [9.17, 15) is 4.79 Å². The third-order valence-electron chi connectivity index (χ3n) is 2.39. The van der Waals surface area contributed by atoms with Gasteiger partial charge in [-0.15, -0.1) is 0 Å². The fraction of sp³-hybridized carbons (Fsp3) is 0.200. The number of carboxylic acids is 1. The lowest BCUT2D eigenvalue weighted by Gasteiger charge is -2.11. The Morgan fingerprint density at radius 2 is 2.26 bits per heavy atom. The summed E-state index contributed by atoms with van der Waals surface area (Å²) in [5.41, 5.74) is 0.426. The first kappa shape index (κ1) is 13.1. The maximum absolute atomic E-state index is 11.0. The summed E-state index contributed by atoms with van der Waals surface area (Å²) in [6, 6.07) is 2.77. The number of benzene rings is 1. The van der Waals surface area contributed by atoms with Crippen molar-refractivity contribution in [3.05, 3.63) is 22.7 Å². The van der Waals surface area contributed by atoms with E-state index in [1.165, 1.54) is 23.9 Å². The molecule has 2 N–H and O–H groups in total. The maximum Gasteiger partial charge on any atom is 0.339 e. The molecular weight excluding hydrogens is 274 g/mol. The number of aryl methyl sites for hydroxylation is 1. The molecule has 0 unspecified atom stereocenters. The van der Waals surface area contributed by atoms with E-state index in [4.69, 9.17) is 21.4 Å². The second-order valence-electron chi connectivity index (χ2n) is 3.59. The molecule has 0 aliphatic heterocycles. The molecule has 0 aliphatic rings. The van der Waals surface area contributed by atoms with Crippen molar-refractivity contribution in [2.24, 2.45) is 7.05 Å². The van der Waals surface area contributed by atoms with Gasteiger partial charge in [-0.25, -0.2) is 9.48 Å². The number of nitrogens with one attached hydrogen (secondary N) is 1. The molecule has 2 rings (SSSR count). The number of tetrazole rings is 1. The number of carboxylic acid groups (broad SMARTS) is 1. The van der Waals surface area contributed by atoms with Crippen LogP contribution in [0.5, 0.6) is 5.75 Å². The predicted octanol–water partition coefficient (Wildman–Crippen LogP) is 1.31. The first-order chi connectivity index (χ1) is 9.02. The lowest BCUT2D eigenvalue weighted by Crippen LogP contribution is -2.04. The Morgan fingerprint density at radius 3 is 2.79 bits per heavy atom. The fourth-order valence-corrected chi connectivity index (χ4v) is 1.65. The van der Waals surface area contributed by atoms with Gasteiger partial charge in [-0.3, -0.25) is 0 Å². The molecule has 100 valence electrons. The summed E-state index contributed by atoms with van der Waals surface area (Å²) >= 11 is 6.01. The van der Waals surface area contributed by atoms with Crippen LogP contribution in [0.4, 0.5) is 11.6 Å². The van der Waals surface area contributed by atoms with Gasteiger partial charge in [0.15, 0.2) is 0 Å². The molecule has 0 radical (unpaired) electrons. The molecule has 1 heterocycles. The van der Waals surface area contributed by atoms with Crippen LogP contribution in [0.2, 0.25) is 5.02 Å². The number of nitrogens with zero attached hydrogens (tertiary/aromatic N) is 4. The Labute approximate surface area is 112 Å². The van der Waals surface area contributed by atoms with Crippen LogP contribution in [0.15, 0.2) is 12.1 Å². The third kappa shape index (κ3) is 2.58. The van der Waals surface area contributed by atoms with Gasteiger partial charge in [0, 0.05) is 13.1 Å². The van der Waals surface area contributed by atoms with Gasteiger partial charge < -0.3 is 15.2 Å². The molecule has 19 heavy (non-hydrogen) atoms. The third-order valence-corrected chi connectivity index (χ3v) is 2.70. The quantitative estimate of drug-likeness (QED) is 0.872. The number of anilines is 2. The number of ether oxygens (including phenoxy) is 1. The Bertz CT molecular complexity index is 628. The van der Waals surface area contributed by atoms with Gasteiger partial charge in [-0.1, -0.05) is 16.7 Å². The second-order valence-corrected chi connectivity index (χ2v) is 4.00. The number of aromatic nitrogens is 4. The molecule has 0 saturated carbocycles. The number of hydrogen-bond acceptors (Lipinski definition) is 6. The van der Waals surface area contributed by atoms with E-state index in [1.807, 2.05) is 0 Å². The van der Waals surface area contributed by atoms with Crippen LogP contribution in [-0.2, 0) is 7.05 Å². The van der Waals surface area contributed by atoms with Gasteiger partial charge in [0.05, 0.1) is 17.8 Å². The van der Waals surface area contributed by atoms with Gasteiger partial charge in [0.2, 0.25) is 5.95 Å². The molecule has 9 heteroatoms. The fourth-order valence-electron chi connectivity index (χ4n) is 1.44. The largest absolute Gasteiger partial charge is 0.496 e. The first-order valence-electron chi connectivity index (χ1n) is 5.13. The molecule has 0 amide bonds. The number of rotatable bonds is 4. The minimum absolute atomic E-state index is 0.0193. The van der Waals surface area contributed by atoms with Crippen molar-refractivity contribution in [2.45, 2.75) is 0 Å². The summed E-state index contributed by atoms with van der Waals surface area (Å²) in [6.07, 6.45) is 0. The number of aromatic carboxylic acids is 1. The molecule has 1 aromatic carbocycles. The zero-order chi connectivity index (χ0) is 14.0. The van der Waals surface area contributed by atoms with Gasteiger partial charge in [-0.05, 0) is 16.5 Å². The first-order valence-corrected chi connectivity index (χ1v) is 5.51. The van der Waals surface area contributed by atoms with Crippen LogP contribution in [0.3, 0.4) is 0 Å². The Morgan fingerprint density at radius 1 is 1.53 bits per heavy atom. The highest BCUT2D eigenvalue weighted by molar-refractivity contribution is 6.33. The SMILES string of the molecule is COc1cc(Nc2nnnn2C)c(Cl)cc1C(=O)O. The average Bonchev–Trinajstić information content (AvgIpc) is 2.77. The molecule has 0 bridgehead atoms. The van der Waals surface area contributed by atoms with Crippen molar-refractivity contribution in [2.75, 3.05) is 12.4 Å². The zero-order valence-corrected chi connectivity index (χ0v) is 10.8. The Hall–Kier alpha value is -2.35. The van der Waals surface area contributed by atoms with Crippen LogP contribution >= 0.6 is 11.6 Å². The van der Waals surface area contributed by atoms with Crippen LogP contribution in [0.25, 0.3) is 0 Å². The van der Waals surface area contributed by atoms with Crippen LogP contribution in [0.1, 0.15) is 10.4 Å². The highest BCUT2D eigenvalue weighted by atomic mass is 35.5. The van der Waals surface area contributed by atoms with Crippen molar-refractivity contribution in [1.29, 1.82) is 0 Å². The van der Waals surface area contributed by atoms with Crippen molar-refractivity contribution < 1.29 is 14.6 Å². The van der Waals surface area contributed by atoms with E-state index in [1.54, 1.807) is 7.05 Å². The summed E-state index contributed by atoms with van der Waals surface area (Å²) in [5.74, 6) is -0.563. The molecule has 0 fully saturated rings. The number of carbonyl (C=O) groups is 1. The molecule has 8 nitrogen and oxygen atoms in total. The van der Waals surface area contributed by atoms with E-state index in [0.29, 0.717) is 11.6 Å². The number of halogens is 1. The summed E-state index contributed by atoms with van der Waals surface area (Å²) in [6.45, 7) is 0. The summed E-state index contributed by atoms with van der Waals surface area (Å²) < 4.78 is 6.42. The van der Waals surface area contributed by atoms with Gasteiger partial charge in [-0.2, -0.15) is 0 Å². The Balaban J connectivity index is 2.42. The molecule has 0 spiro atoms. The minimum Gasteiger partial charge on any atom is -0.496 e. The van der Waals surface area contributed by atoms with Gasteiger partial charge >= 0.3 is 5.97 Å². The number of methoxy groups -OCH3 is 1. The molecule has 0 aliphatic carbocycles. The van der Waals surface area contributed by atoms with Gasteiger partial charge in [0.1, 0.15) is 11.3 Å². The lowest BCUT2D eigenvalue weighted by atomic mass is 10.2. The normalized spacial score (nSPS) is 10.3. The monoisotopic (exact) mass is 283 g/mol. The summed E-state index contributed by atoms with van der Waals surface area (Å²) in [7, 11) is 3.03. The van der Waals surface area contributed by atoms with Gasteiger partial charge in [0.25, 0.3) is 0 Å². The predicted molar refractivity (Wildman–Crippen MR) is 67.0 cm³/mol. The van der Waals surface area contributed by atoms with E-state index >= 15 is 0 Å². The van der Waals surface area contributed by atoms with E-state index < -0.39 is 5.97 Å². The van der Waals surface area contributed by atoms with Crippen molar-refractivity contribution >= 4 is 29.2 Å². The van der Waals surface area contributed by atoms with Crippen molar-refractivity contribution in [1.82, 2.24) is 20.2 Å². The van der Waals surface area contributed by atoms with Crippen LogP contribution in [-0.4, -0.2) is 38.4 Å². The summed E-state index contributed by atoms with van der Waals surface area (Å²) in [4.78, 5) is 11.0. The number of hydrogen-bond donors (Lipinski definition) is 2. The topological polar surface area (TPSA) is 102 Å². The standard InChI is InChI=1S/C10H10ClN5O3/c1-16-10(13-14-15-16)12-7-4-8(19-2)5(9(17)18)3-6(7)11/h3-4H,1-2H3,(H,17,18)(H,12,13,15). The van der Waals surface area contributed by atoms with Crippen LogP contribution in [0, 0.1) is 0 Å². The minimum atomic E-state index is -1.12. The van der Waals surface area contributed by atoms with E-state index in [0.717, 1.165) is 0 Å².